The van der Waals surface area contributed by atoms with Crippen LogP contribution >= 0.6 is 0 Å². The van der Waals surface area contributed by atoms with Gasteiger partial charge in [-0.25, -0.2) is 0 Å². The highest BCUT2D eigenvalue weighted by Crippen LogP contribution is 2.64. The molecule has 0 saturated heterocycles. The highest BCUT2D eigenvalue weighted by Gasteiger charge is 2.52. The van der Waals surface area contributed by atoms with E-state index in [1.165, 1.54) is 66.8 Å². The van der Waals surface area contributed by atoms with Crippen molar-refractivity contribution < 1.29 is 0 Å². The lowest BCUT2D eigenvalue weighted by Crippen LogP contribution is -2.26. The van der Waals surface area contributed by atoms with Gasteiger partial charge >= 0.3 is 0 Å². The maximum absolute atomic E-state index is 2.50. The van der Waals surface area contributed by atoms with E-state index in [4.69, 9.17) is 0 Å². The number of nitrogens with zero attached hydrogens (tertiary/aromatic N) is 2. The van der Waals surface area contributed by atoms with Gasteiger partial charge in [-0.05, 0) is 140 Å². The molecule has 9 aromatic rings. The Hall–Kier alpha value is -7.42. The summed E-state index contributed by atoms with van der Waals surface area (Å²) < 4.78 is 0. The number of benzene rings is 9. The Labute approximate surface area is 352 Å². The lowest BCUT2D eigenvalue weighted by Gasteiger charge is -2.33. The Balaban J connectivity index is 1.08. The zero-order valence-corrected chi connectivity index (χ0v) is 33.7. The first-order valence-electron chi connectivity index (χ1n) is 21.0. The minimum Gasteiger partial charge on any atom is -0.310 e. The Morgan fingerprint density at radius 3 is 1.15 bits per heavy atom. The first-order chi connectivity index (χ1) is 29.5. The largest absolute Gasteiger partial charge is 0.310 e. The predicted octanol–water partition coefficient (Wildman–Crippen LogP) is 15.3. The van der Waals surface area contributed by atoms with Crippen LogP contribution < -0.4 is 9.80 Å². The maximum atomic E-state index is 2.50. The van der Waals surface area contributed by atoms with E-state index in [2.05, 4.69) is 242 Å². The quantitative estimate of drug-likeness (QED) is 0.166. The second kappa shape index (κ2) is 13.0. The van der Waals surface area contributed by atoms with Crippen molar-refractivity contribution in [1.29, 1.82) is 0 Å². The average Bonchev–Trinajstić information content (AvgIpc) is 3.85. The molecule has 1 spiro atoms. The molecule has 284 valence electrons. The van der Waals surface area contributed by atoms with E-state index in [0.29, 0.717) is 0 Å². The lowest BCUT2D eigenvalue weighted by atomic mass is 9.70. The number of anilines is 6. The van der Waals surface area contributed by atoms with E-state index in [9.17, 15) is 0 Å². The van der Waals surface area contributed by atoms with Gasteiger partial charge in [0.2, 0.25) is 0 Å². The van der Waals surface area contributed by atoms with Crippen molar-refractivity contribution in [2.45, 2.75) is 24.7 Å². The molecule has 0 aliphatic heterocycles. The van der Waals surface area contributed by atoms with Crippen molar-refractivity contribution in [1.82, 2.24) is 0 Å². The van der Waals surface area contributed by atoms with E-state index < -0.39 is 5.41 Å². The summed E-state index contributed by atoms with van der Waals surface area (Å²) in [6.45, 7) is 4.73. The molecular weight excluding hydrogens is 725 g/mol. The zero-order chi connectivity index (χ0) is 40.0. The molecule has 60 heavy (non-hydrogen) atoms. The summed E-state index contributed by atoms with van der Waals surface area (Å²) >= 11 is 0. The van der Waals surface area contributed by atoms with Crippen LogP contribution in [0, 0.1) is 0 Å². The van der Waals surface area contributed by atoms with Gasteiger partial charge in [-0.2, -0.15) is 0 Å². The molecule has 3 aliphatic carbocycles. The molecule has 9 aromatic carbocycles. The predicted molar refractivity (Wildman–Crippen MR) is 250 cm³/mol. The maximum Gasteiger partial charge on any atom is 0.0726 e. The summed E-state index contributed by atoms with van der Waals surface area (Å²) in [7, 11) is 0. The highest BCUT2D eigenvalue weighted by atomic mass is 15.1. The van der Waals surface area contributed by atoms with Crippen molar-refractivity contribution in [3.63, 3.8) is 0 Å². The standard InChI is InChI=1S/C58H42N2/c1-57(2)51-27-15-12-24-45(51)48-33-30-43(37-55(48)57)60(41-22-10-5-11-23-41)44-31-34-49-46-25-13-16-28-52(46)58(56(49)38-44)53-29-17-14-26-47(53)50-36-42(32-35-54(50)58)59(39-18-6-3-7-19-39)40-20-8-4-9-21-40/h3-38H,1-2H3. The molecule has 0 radical (unpaired) electrons. The minimum absolute atomic E-state index is 0.110. The van der Waals surface area contributed by atoms with E-state index in [-0.39, 0.29) is 5.41 Å². The summed E-state index contributed by atoms with van der Waals surface area (Å²) in [5.41, 5.74) is 22.1. The molecule has 1 atom stereocenters. The summed E-state index contributed by atoms with van der Waals surface area (Å²) in [6.07, 6.45) is 0. The third-order valence-corrected chi connectivity index (χ3v) is 13.4. The van der Waals surface area contributed by atoms with Crippen LogP contribution in [0.5, 0.6) is 0 Å². The van der Waals surface area contributed by atoms with Gasteiger partial charge in [-0.3, -0.25) is 0 Å². The van der Waals surface area contributed by atoms with Gasteiger partial charge in [0, 0.05) is 39.5 Å². The van der Waals surface area contributed by atoms with Gasteiger partial charge < -0.3 is 9.80 Å². The molecule has 1 unspecified atom stereocenters. The van der Waals surface area contributed by atoms with Crippen LogP contribution in [0.4, 0.5) is 34.1 Å². The number of para-hydroxylation sites is 3. The van der Waals surface area contributed by atoms with Gasteiger partial charge in [0.05, 0.1) is 5.41 Å². The van der Waals surface area contributed by atoms with Crippen molar-refractivity contribution in [3.8, 4) is 33.4 Å². The Morgan fingerprint density at radius 1 is 0.250 bits per heavy atom. The van der Waals surface area contributed by atoms with Crippen LogP contribution in [-0.2, 0) is 10.8 Å². The third kappa shape index (κ3) is 4.82. The van der Waals surface area contributed by atoms with E-state index >= 15 is 0 Å². The molecule has 0 N–H and O–H groups in total. The fraction of sp³-hybridized carbons (Fsp3) is 0.0690. The smallest absolute Gasteiger partial charge is 0.0726 e. The van der Waals surface area contributed by atoms with Crippen molar-refractivity contribution in [2.24, 2.45) is 0 Å². The highest BCUT2D eigenvalue weighted by molar-refractivity contribution is 5.98. The molecule has 2 nitrogen and oxygen atoms in total. The first-order valence-corrected chi connectivity index (χ1v) is 21.0. The summed E-state index contributed by atoms with van der Waals surface area (Å²) in [5.74, 6) is 0. The van der Waals surface area contributed by atoms with E-state index in [0.717, 1.165) is 34.1 Å². The van der Waals surface area contributed by atoms with Crippen LogP contribution in [0.2, 0.25) is 0 Å². The van der Waals surface area contributed by atoms with Crippen LogP contribution in [0.3, 0.4) is 0 Å². The number of rotatable bonds is 6. The molecule has 12 rings (SSSR count). The van der Waals surface area contributed by atoms with Gasteiger partial charge in [-0.15, -0.1) is 0 Å². The van der Waals surface area contributed by atoms with E-state index in [1.54, 1.807) is 0 Å². The average molecular weight is 767 g/mol. The van der Waals surface area contributed by atoms with Crippen molar-refractivity contribution >= 4 is 34.1 Å². The minimum atomic E-state index is -0.499. The topological polar surface area (TPSA) is 6.48 Å². The fourth-order valence-corrected chi connectivity index (χ4v) is 10.9. The number of hydrogen-bond donors (Lipinski definition) is 0. The molecule has 3 aliphatic rings. The summed E-state index contributed by atoms with van der Waals surface area (Å²) in [4.78, 5) is 4.83. The van der Waals surface area contributed by atoms with Crippen LogP contribution in [0.25, 0.3) is 33.4 Å². The molecule has 0 saturated carbocycles. The molecule has 0 bridgehead atoms. The van der Waals surface area contributed by atoms with Crippen molar-refractivity contribution in [2.75, 3.05) is 9.80 Å². The molecule has 0 heterocycles. The van der Waals surface area contributed by atoms with Gasteiger partial charge in [-0.1, -0.05) is 159 Å². The molecule has 0 aromatic heterocycles. The third-order valence-electron chi connectivity index (χ3n) is 13.4. The summed E-state index contributed by atoms with van der Waals surface area (Å²) in [6, 6.07) is 80.9. The normalized spacial score (nSPS) is 15.7. The van der Waals surface area contributed by atoms with Gasteiger partial charge in [0.25, 0.3) is 0 Å². The zero-order valence-electron chi connectivity index (χ0n) is 33.7. The Bertz CT molecular complexity index is 3090. The SMILES string of the molecule is CC1(C)c2ccccc2-c2ccc(N(c3ccccc3)c3ccc4c(c3)C3(c5ccccc5-c5cc(N(c6ccccc6)c6ccccc6)ccc53)c3ccccc3-4)cc21. The second-order valence-electron chi connectivity index (χ2n) is 16.9. The van der Waals surface area contributed by atoms with Gasteiger partial charge in [0.1, 0.15) is 0 Å². The molecular formula is C58H42N2. The molecule has 0 fully saturated rings. The van der Waals surface area contributed by atoms with Gasteiger partial charge in [0.15, 0.2) is 0 Å². The monoisotopic (exact) mass is 766 g/mol. The second-order valence-corrected chi connectivity index (χ2v) is 16.9. The van der Waals surface area contributed by atoms with E-state index in [1.807, 2.05) is 0 Å². The molecule has 0 amide bonds. The number of fused-ring (bicyclic) bond motifs is 13. The number of hydrogen-bond acceptors (Lipinski definition) is 2. The fourth-order valence-electron chi connectivity index (χ4n) is 10.9. The van der Waals surface area contributed by atoms with Crippen LogP contribution in [0.1, 0.15) is 47.2 Å². The lowest BCUT2D eigenvalue weighted by molar-refractivity contribution is 0.660. The summed E-state index contributed by atoms with van der Waals surface area (Å²) in [5, 5.41) is 0. The molecule has 2 heteroatoms. The first kappa shape index (κ1) is 34.6. The van der Waals surface area contributed by atoms with Crippen LogP contribution in [-0.4, -0.2) is 0 Å². The van der Waals surface area contributed by atoms with Crippen LogP contribution in [0.15, 0.2) is 218 Å². The Morgan fingerprint density at radius 2 is 0.600 bits per heavy atom. The van der Waals surface area contributed by atoms with Crippen molar-refractivity contribution in [3.05, 3.63) is 252 Å². The Kier molecular flexibility index (Phi) is 7.52.